The van der Waals surface area contributed by atoms with E-state index in [1.165, 1.54) is 16.7 Å². The number of benzene rings is 2. The summed E-state index contributed by atoms with van der Waals surface area (Å²) in [4.78, 5) is 15.3. The lowest BCUT2D eigenvalue weighted by atomic mass is 9.87. The molecule has 0 bridgehead atoms. The second kappa shape index (κ2) is 8.05. The Balaban J connectivity index is 1.56. The van der Waals surface area contributed by atoms with E-state index in [9.17, 15) is 4.79 Å². The highest BCUT2D eigenvalue weighted by molar-refractivity contribution is 5.77. The summed E-state index contributed by atoms with van der Waals surface area (Å²) in [5, 5.41) is 3.40. The van der Waals surface area contributed by atoms with Gasteiger partial charge in [0.25, 0.3) is 0 Å². The first kappa shape index (κ1) is 17.3. The van der Waals surface area contributed by atoms with E-state index in [1.807, 2.05) is 0 Å². The van der Waals surface area contributed by atoms with Crippen LogP contribution in [0.3, 0.4) is 0 Å². The van der Waals surface area contributed by atoms with E-state index >= 15 is 0 Å². The van der Waals surface area contributed by atoms with Gasteiger partial charge in [0.1, 0.15) is 0 Å². The molecule has 136 valence electrons. The van der Waals surface area contributed by atoms with Gasteiger partial charge < -0.3 is 10.2 Å². The number of nitrogens with zero attached hydrogens (tertiary/aromatic N) is 1. The van der Waals surface area contributed by atoms with Crippen LogP contribution in [0.25, 0.3) is 0 Å². The summed E-state index contributed by atoms with van der Waals surface area (Å²) < 4.78 is 0. The van der Waals surface area contributed by atoms with Crippen molar-refractivity contribution in [1.29, 1.82) is 0 Å². The average molecular weight is 348 g/mol. The van der Waals surface area contributed by atoms with Crippen LogP contribution in [0.5, 0.6) is 0 Å². The Morgan fingerprint density at radius 2 is 1.73 bits per heavy atom. The van der Waals surface area contributed by atoms with Gasteiger partial charge in [-0.15, -0.1) is 0 Å². The minimum absolute atomic E-state index is 0.163. The Labute approximate surface area is 156 Å². The van der Waals surface area contributed by atoms with Crippen molar-refractivity contribution in [2.24, 2.45) is 5.92 Å². The van der Waals surface area contributed by atoms with Gasteiger partial charge in [0.05, 0.1) is 6.04 Å². The van der Waals surface area contributed by atoms with E-state index in [0.29, 0.717) is 18.2 Å². The van der Waals surface area contributed by atoms with Crippen LogP contribution >= 0.6 is 0 Å². The molecular formula is C23H28N2O. The van der Waals surface area contributed by atoms with Crippen LogP contribution in [0.1, 0.15) is 42.0 Å². The third kappa shape index (κ3) is 3.83. The molecule has 26 heavy (non-hydrogen) atoms. The SMILES string of the molecule is O=C(CC1CCNCC1)N1CCc2ccccc2C1Cc1ccccc1. The van der Waals surface area contributed by atoms with E-state index in [2.05, 4.69) is 64.8 Å². The minimum atomic E-state index is 0.163. The smallest absolute Gasteiger partial charge is 0.223 e. The zero-order valence-corrected chi connectivity index (χ0v) is 15.4. The lowest BCUT2D eigenvalue weighted by Gasteiger charge is -2.38. The van der Waals surface area contributed by atoms with Gasteiger partial charge in [0.15, 0.2) is 0 Å². The summed E-state index contributed by atoms with van der Waals surface area (Å²) >= 11 is 0. The quantitative estimate of drug-likeness (QED) is 0.913. The normalized spacial score (nSPS) is 20.6. The number of carbonyl (C=O) groups excluding carboxylic acids is 1. The Hall–Kier alpha value is -2.13. The van der Waals surface area contributed by atoms with Crippen molar-refractivity contribution in [3.05, 3.63) is 71.3 Å². The summed E-state index contributed by atoms with van der Waals surface area (Å²) in [6.45, 7) is 2.95. The average Bonchev–Trinajstić information content (AvgIpc) is 2.70. The number of hydrogen-bond donors (Lipinski definition) is 1. The fourth-order valence-electron chi connectivity index (χ4n) is 4.46. The Morgan fingerprint density at radius 1 is 1.00 bits per heavy atom. The fourth-order valence-corrected chi connectivity index (χ4v) is 4.46. The summed E-state index contributed by atoms with van der Waals surface area (Å²) in [5.41, 5.74) is 4.04. The number of hydrogen-bond acceptors (Lipinski definition) is 2. The Bertz CT molecular complexity index is 737. The predicted octanol–water partition coefficient (Wildman–Crippen LogP) is 3.74. The predicted molar refractivity (Wildman–Crippen MR) is 105 cm³/mol. The maximum Gasteiger partial charge on any atom is 0.223 e. The van der Waals surface area contributed by atoms with Gasteiger partial charge in [0.2, 0.25) is 5.91 Å². The van der Waals surface area contributed by atoms with Gasteiger partial charge in [-0.2, -0.15) is 0 Å². The molecule has 1 N–H and O–H groups in total. The first-order valence-electron chi connectivity index (χ1n) is 9.93. The Kier molecular flexibility index (Phi) is 5.35. The number of rotatable bonds is 4. The van der Waals surface area contributed by atoms with Crippen molar-refractivity contribution in [3.8, 4) is 0 Å². The van der Waals surface area contributed by atoms with E-state index in [1.54, 1.807) is 0 Å². The molecule has 1 amide bonds. The molecule has 0 radical (unpaired) electrons. The largest absolute Gasteiger partial charge is 0.335 e. The van der Waals surface area contributed by atoms with Crippen molar-refractivity contribution >= 4 is 5.91 Å². The summed E-state index contributed by atoms with van der Waals surface area (Å²) in [7, 11) is 0. The number of piperidine rings is 1. The monoisotopic (exact) mass is 348 g/mol. The lowest BCUT2D eigenvalue weighted by molar-refractivity contribution is -0.135. The van der Waals surface area contributed by atoms with Gasteiger partial charge >= 0.3 is 0 Å². The van der Waals surface area contributed by atoms with E-state index in [0.717, 1.165) is 45.3 Å². The third-order valence-corrected chi connectivity index (χ3v) is 5.93. The molecule has 1 atom stereocenters. The molecule has 0 saturated carbocycles. The van der Waals surface area contributed by atoms with Crippen LogP contribution in [0.15, 0.2) is 54.6 Å². The molecule has 2 heterocycles. The van der Waals surface area contributed by atoms with Crippen LogP contribution in [-0.2, 0) is 17.6 Å². The number of nitrogens with one attached hydrogen (secondary N) is 1. The molecule has 2 aromatic rings. The Morgan fingerprint density at radius 3 is 2.54 bits per heavy atom. The second-order valence-electron chi connectivity index (χ2n) is 7.64. The van der Waals surface area contributed by atoms with Crippen LogP contribution in [-0.4, -0.2) is 30.4 Å². The zero-order valence-electron chi connectivity index (χ0n) is 15.4. The first-order chi connectivity index (χ1) is 12.8. The van der Waals surface area contributed by atoms with E-state index in [-0.39, 0.29) is 6.04 Å². The van der Waals surface area contributed by atoms with E-state index in [4.69, 9.17) is 0 Å². The molecule has 3 nitrogen and oxygen atoms in total. The highest BCUT2D eigenvalue weighted by Crippen LogP contribution is 2.33. The molecule has 1 unspecified atom stereocenters. The molecule has 1 fully saturated rings. The molecule has 0 spiro atoms. The highest BCUT2D eigenvalue weighted by Gasteiger charge is 2.31. The number of amides is 1. The lowest BCUT2D eigenvalue weighted by Crippen LogP contribution is -2.42. The third-order valence-electron chi connectivity index (χ3n) is 5.93. The standard InChI is InChI=1S/C23H28N2O/c26-23(17-19-10-13-24-14-11-19)25-15-12-20-8-4-5-9-21(20)22(25)16-18-6-2-1-3-7-18/h1-9,19,22,24H,10-17H2. The maximum absolute atomic E-state index is 13.2. The van der Waals surface area contributed by atoms with Crippen molar-refractivity contribution in [2.45, 2.75) is 38.1 Å². The molecule has 2 aliphatic rings. The summed E-state index contributed by atoms with van der Waals surface area (Å²) in [5.74, 6) is 0.880. The molecule has 3 heteroatoms. The van der Waals surface area contributed by atoms with Crippen LogP contribution in [0.4, 0.5) is 0 Å². The minimum Gasteiger partial charge on any atom is -0.335 e. The molecule has 0 aromatic heterocycles. The van der Waals surface area contributed by atoms with Crippen LogP contribution in [0.2, 0.25) is 0 Å². The molecule has 1 saturated heterocycles. The molecule has 2 aliphatic heterocycles. The fraction of sp³-hybridized carbons (Fsp3) is 0.435. The second-order valence-corrected chi connectivity index (χ2v) is 7.64. The number of fused-ring (bicyclic) bond motifs is 1. The zero-order chi connectivity index (χ0) is 17.8. The summed E-state index contributed by atoms with van der Waals surface area (Å²) in [6, 6.07) is 19.4. The summed E-state index contributed by atoms with van der Waals surface area (Å²) in [6.07, 6.45) is 4.82. The van der Waals surface area contributed by atoms with Gasteiger partial charge in [0, 0.05) is 13.0 Å². The molecule has 4 rings (SSSR count). The molecule has 0 aliphatic carbocycles. The highest BCUT2D eigenvalue weighted by atomic mass is 16.2. The first-order valence-corrected chi connectivity index (χ1v) is 9.93. The van der Waals surface area contributed by atoms with Gasteiger partial charge in [-0.05, 0) is 61.4 Å². The van der Waals surface area contributed by atoms with Gasteiger partial charge in [-0.25, -0.2) is 0 Å². The van der Waals surface area contributed by atoms with Crippen molar-refractivity contribution in [1.82, 2.24) is 10.2 Å². The van der Waals surface area contributed by atoms with Crippen LogP contribution < -0.4 is 5.32 Å². The van der Waals surface area contributed by atoms with Crippen LogP contribution in [0, 0.1) is 5.92 Å². The molecule has 2 aromatic carbocycles. The van der Waals surface area contributed by atoms with E-state index < -0.39 is 0 Å². The van der Waals surface area contributed by atoms with Crippen molar-refractivity contribution in [3.63, 3.8) is 0 Å². The van der Waals surface area contributed by atoms with Gasteiger partial charge in [-0.3, -0.25) is 4.79 Å². The molecular weight excluding hydrogens is 320 g/mol. The topological polar surface area (TPSA) is 32.3 Å². The van der Waals surface area contributed by atoms with Gasteiger partial charge in [-0.1, -0.05) is 54.6 Å². The van der Waals surface area contributed by atoms with Crippen molar-refractivity contribution < 1.29 is 4.79 Å². The number of carbonyl (C=O) groups is 1. The maximum atomic E-state index is 13.2. The van der Waals surface area contributed by atoms with Crippen molar-refractivity contribution in [2.75, 3.05) is 19.6 Å².